The van der Waals surface area contributed by atoms with Gasteiger partial charge in [0.1, 0.15) is 0 Å². The molecule has 2 amide bonds. The predicted octanol–water partition coefficient (Wildman–Crippen LogP) is 3.36. The van der Waals surface area contributed by atoms with E-state index in [1.807, 2.05) is 18.2 Å². The van der Waals surface area contributed by atoms with Gasteiger partial charge in [0.2, 0.25) is 0 Å². The van der Waals surface area contributed by atoms with E-state index in [0.29, 0.717) is 30.0 Å². The Morgan fingerprint density at radius 3 is 2.65 bits per heavy atom. The van der Waals surface area contributed by atoms with E-state index < -0.39 is 5.97 Å². The Kier molecular flexibility index (Phi) is 5.53. The Labute approximate surface area is 152 Å². The molecule has 2 aromatic carbocycles. The highest BCUT2D eigenvalue weighted by Crippen LogP contribution is 2.28. The van der Waals surface area contributed by atoms with Gasteiger partial charge >= 0.3 is 12.0 Å². The largest absolute Gasteiger partial charge is 0.462 e. The highest BCUT2D eigenvalue weighted by molar-refractivity contribution is 6.00. The molecule has 26 heavy (non-hydrogen) atoms. The summed E-state index contributed by atoms with van der Waals surface area (Å²) in [6, 6.07) is 11.9. The van der Waals surface area contributed by atoms with Crippen molar-refractivity contribution in [1.82, 2.24) is 0 Å². The lowest BCUT2D eigenvalue weighted by molar-refractivity contribution is 0.0526. The first-order valence-electron chi connectivity index (χ1n) is 8.71. The van der Waals surface area contributed by atoms with Crippen LogP contribution in [0.2, 0.25) is 0 Å². The van der Waals surface area contributed by atoms with Gasteiger partial charge in [-0.05, 0) is 61.2 Å². The number of hydrogen-bond acceptors (Lipinski definition) is 4. The smallest absolute Gasteiger partial charge is 0.338 e. The molecular weight excluding hydrogens is 332 g/mol. The number of aliphatic hydroxyl groups excluding tert-OH is 1. The van der Waals surface area contributed by atoms with Crippen molar-refractivity contribution in [2.75, 3.05) is 17.2 Å². The molecule has 0 saturated carbocycles. The molecule has 3 rings (SSSR count). The summed E-state index contributed by atoms with van der Waals surface area (Å²) in [5.74, 6) is -0.391. The van der Waals surface area contributed by atoms with Crippen LogP contribution in [0.15, 0.2) is 42.5 Å². The summed E-state index contributed by atoms with van der Waals surface area (Å²) in [6.45, 7) is 2.07. The Bertz CT molecular complexity index is 802. The zero-order valence-electron chi connectivity index (χ0n) is 14.6. The molecule has 0 saturated heterocycles. The summed E-state index contributed by atoms with van der Waals surface area (Å²) in [4.78, 5) is 23.9. The highest BCUT2D eigenvalue weighted by Gasteiger charge is 2.20. The van der Waals surface area contributed by atoms with E-state index in [9.17, 15) is 14.7 Å². The zero-order chi connectivity index (χ0) is 18.5. The second-order valence-electron chi connectivity index (χ2n) is 6.22. The van der Waals surface area contributed by atoms with Crippen LogP contribution in [0.4, 0.5) is 16.2 Å². The number of rotatable bonds is 4. The number of nitrogens with one attached hydrogen (secondary N) is 2. The van der Waals surface area contributed by atoms with Gasteiger partial charge in [-0.1, -0.05) is 12.1 Å². The Hall–Kier alpha value is -2.86. The lowest BCUT2D eigenvalue weighted by atomic mass is 9.88. The van der Waals surface area contributed by atoms with E-state index >= 15 is 0 Å². The minimum absolute atomic E-state index is 0.317. The van der Waals surface area contributed by atoms with Gasteiger partial charge in [-0.15, -0.1) is 0 Å². The van der Waals surface area contributed by atoms with Crippen molar-refractivity contribution in [2.24, 2.45) is 0 Å². The van der Waals surface area contributed by atoms with Crippen molar-refractivity contribution in [3.63, 3.8) is 0 Å². The van der Waals surface area contributed by atoms with Crippen LogP contribution >= 0.6 is 0 Å². The molecular formula is C20H22N2O4. The lowest BCUT2D eigenvalue weighted by Crippen LogP contribution is -2.24. The van der Waals surface area contributed by atoms with Crippen molar-refractivity contribution in [3.8, 4) is 0 Å². The number of anilines is 2. The van der Waals surface area contributed by atoms with Crippen LogP contribution in [-0.4, -0.2) is 29.8 Å². The van der Waals surface area contributed by atoms with Crippen molar-refractivity contribution >= 4 is 23.4 Å². The Morgan fingerprint density at radius 1 is 1.15 bits per heavy atom. The molecule has 0 fully saturated rings. The molecule has 2 aromatic rings. The fourth-order valence-corrected chi connectivity index (χ4v) is 3.08. The molecule has 0 unspecified atom stereocenters. The second-order valence-corrected chi connectivity index (χ2v) is 6.22. The van der Waals surface area contributed by atoms with Gasteiger partial charge in [0.05, 0.1) is 18.3 Å². The fourth-order valence-electron chi connectivity index (χ4n) is 3.08. The van der Waals surface area contributed by atoms with Gasteiger partial charge in [0.25, 0.3) is 0 Å². The van der Waals surface area contributed by atoms with E-state index in [2.05, 4.69) is 10.6 Å². The molecule has 0 heterocycles. The van der Waals surface area contributed by atoms with E-state index in [1.54, 1.807) is 31.2 Å². The van der Waals surface area contributed by atoms with Crippen molar-refractivity contribution in [1.29, 1.82) is 0 Å². The summed E-state index contributed by atoms with van der Waals surface area (Å²) >= 11 is 0. The maximum atomic E-state index is 12.3. The summed E-state index contributed by atoms with van der Waals surface area (Å²) in [5, 5.41) is 15.5. The molecule has 1 aliphatic rings. The van der Waals surface area contributed by atoms with Crippen LogP contribution in [0, 0.1) is 0 Å². The van der Waals surface area contributed by atoms with E-state index in [1.165, 1.54) is 0 Å². The highest BCUT2D eigenvalue weighted by atomic mass is 16.5. The van der Waals surface area contributed by atoms with Crippen LogP contribution < -0.4 is 10.6 Å². The zero-order valence-corrected chi connectivity index (χ0v) is 14.6. The standard InChI is InChI=1S/C20H22N2O4/c1-2-26-19(24)14-6-9-15(10-7-14)21-20(25)22-18-5-3-4-13-8-11-16(23)12-17(13)18/h3-7,9-10,16,23H,2,8,11-12H2,1H3,(H2,21,22,25)/t16-/m1/s1. The van der Waals surface area contributed by atoms with Gasteiger partial charge in [-0.3, -0.25) is 0 Å². The summed E-state index contributed by atoms with van der Waals surface area (Å²) in [7, 11) is 0. The quantitative estimate of drug-likeness (QED) is 0.735. The third kappa shape index (κ3) is 4.21. The third-order valence-corrected chi connectivity index (χ3v) is 4.36. The number of esters is 1. The summed E-state index contributed by atoms with van der Waals surface area (Å²) in [5.41, 5.74) is 3.86. The second kappa shape index (κ2) is 8.01. The van der Waals surface area contributed by atoms with Crippen LogP contribution in [0.3, 0.4) is 0 Å². The number of urea groups is 1. The number of hydrogen-bond donors (Lipinski definition) is 3. The maximum Gasteiger partial charge on any atom is 0.338 e. The molecule has 0 spiro atoms. The molecule has 0 radical (unpaired) electrons. The molecule has 0 aromatic heterocycles. The molecule has 136 valence electrons. The van der Waals surface area contributed by atoms with Gasteiger partial charge < -0.3 is 20.5 Å². The lowest BCUT2D eigenvalue weighted by Gasteiger charge is -2.23. The number of aryl methyl sites for hydroxylation is 1. The van der Waals surface area contributed by atoms with Crippen LogP contribution in [-0.2, 0) is 17.6 Å². The molecule has 3 N–H and O–H groups in total. The average molecular weight is 354 g/mol. The fraction of sp³-hybridized carbons (Fsp3) is 0.300. The minimum atomic E-state index is -0.391. The molecule has 1 atom stereocenters. The van der Waals surface area contributed by atoms with E-state index in [0.717, 1.165) is 24.0 Å². The van der Waals surface area contributed by atoms with E-state index in [4.69, 9.17) is 4.74 Å². The van der Waals surface area contributed by atoms with Crippen LogP contribution in [0.5, 0.6) is 0 Å². The number of carbonyl (C=O) groups is 2. The van der Waals surface area contributed by atoms with Crippen molar-refractivity contribution in [3.05, 3.63) is 59.2 Å². The molecule has 0 aliphatic heterocycles. The van der Waals surface area contributed by atoms with Gasteiger partial charge in [-0.2, -0.15) is 0 Å². The third-order valence-electron chi connectivity index (χ3n) is 4.36. The molecule has 6 nitrogen and oxygen atoms in total. The van der Waals surface area contributed by atoms with Gasteiger partial charge in [0.15, 0.2) is 0 Å². The first kappa shape index (κ1) is 17.9. The summed E-state index contributed by atoms with van der Waals surface area (Å²) < 4.78 is 4.93. The number of benzene rings is 2. The van der Waals surface area contributed by atoms with Crippen LogP contribution in [0.25, 0.3) is 0 Å². The molecule has 0 bridgehead atoms. The number of aliphatic hydroxyl groups is 1. The number of fused-ring (bicyclic) bond motifs is 1. The number of carbonyl (C=O) groups excluding carboxylic acids is 2. The predicted molar refractivity (Wildman–Crippen MR) is 99.5 cm³/mol. The Balaban J connectivity index is 1.65. The average Bonchev–Trinajstić information content (AvgIpc) is 2.63. The first-order chi connectivity index (χ1) is 12.6. The molecule has 6 heteroatoms. The number of amides is 2. The normalized spacial score (nSPS) is 15.7. The summed E-state index contributed by atoms with van der Waals surface area (Å²) in [6.07, 6.45) is 1.72. The minimum Gasteiger partial charge on any atom is -0.462 e. The SMILES string of the molecule is CCOC(=O)c1ccc(NC(=O)Nc2cccc3c2C[C@H](O)CC3)cc1. The monoisotopic (exact) mass is 354 g/mol. The van der Waals surface area contributed by atoms with Crippen LogP contribution in [0.1, 0.15) is 34.8 Å². The Morgan fingerprint density at radius 2 is 1.92 bits per heavy atom. The van der Waals surface area contributed by atoms with E-state index in [-0.39, 0.29) is 12.1 Å². The topological polar surface area (TPSA) is 87.7 Å². The van der Waals surface area contributed by atoms with Crippen molar-refractivity contribution in [2.45, 2.75) is 32.3 Å². The van der Waals surface area contributed by atoms with Gasteiger partial charge in [-0.25, -0.2) is 9.59 Å². The first-order valence-corrected chi connectivity index (χ1v) is 8.71. The number of ether oxygens (including phenoxy) is 1. The van der Waals surface area contributed by atoms with Gasteiger partial charge in [0, 0.05) is 17.8 Å². The van der Waals surface area contributed by atoms with Crippen molar-refractivity contribution < 1.29 is 19.4 Å². The maximum absolute atomic E-state index is 12.3. The molecule has 1 aliphatic carbocycles.